The lowest BCUT2D eigenvalue weighted by atomic mass is 10.3. The molecule has 0 saturated carbocycles. The molecule has 0 radical (unpaired) electrons. The second-order valence-electron chi connectivity index (χ2n) is 3.47. The van der Waals surface area contributed by atoms with E-state index in [0.29, 0.717) is 0 Å². The monoisotopic (exact) mass is 204 g/mol. The summed E-state index contributed by atoms with van der Waals surface area (Å²) >= 11 is 0. The van der Waals surface area contributed by atoms with Crippen LogP contribution >= 0.6 is 0 Å². The molecule has 5 nitrogen and oxygen atoms in total. The molecule has 0 aliphatic rings. The third-order valence-electron chi connectivity index (χ3n) is 2.30. The maximum atomic E-state index is 11.1. The predicted molar refractivity (Wildman–Crippen MR) is 56.6 cm³/mol. The Hall–Kier alpha value is -2.04. The molecule has 0 amide bonds. The number of aromatic nitrogens is 2. The highest BCUT2D eigenvalue weighted by molar-refractivity contribution is 5.80. The van der Waals surface area contributed by atoms with Gasteiger partial charge in [0.25, 0.3) is 0 Å². The van der Waals surface area contributed by atoms with Crippen LogP contribution in [0.15, 0.2) is 24.3 Å². The zero-order valence-electron chi connectivity index (χ0n) is 8.40. The minimum atomic E-state index is 0.00449. The van der Waals surface area contributed by atoms with Crippen molar-refractivity contribution in [1.29, 1.82) is 5.41 Å². The van der Waals surface area contributed by atoms with Gasteiger partial charge in [-0.1, -0.05) is 12.1 Å². The van der Waals surface area contributed by atoms with E-state index in [1.54, 1.807) is 4.57 Å². The number of ketones is 1. The summed E-state index contributed by atoms with van der Waals surface area (Å²) in [6.07, 6.45) is 0. The van der Waals surface area contributed by atoms with Gasteiger partial charge in [0.1, 0.15) is 5.78 Å². The molecule has 78 valence electrons. The Labute approximate surface area is 86.2 Å². The van der Waals surface area contributed by atoms with Gasteiger partial charge in [0.15, 0.2) is 0 Å². The number of nitrogens with one attached hydrogen (secondary N) is 1. The molecule has 1 aromatic heterocycles. The Bertz CT molecular complexity index is 579. The van der Waals surface area contributed by atoms with Crippen LogP contribution in [-0.2, 0) is 11.3 Å². The molecule has 0 saturated heterocycles. The van der Waals surface area contributed by atoms with Crippen molar-refractivity contribution < 1.29 is 4.79 Å². The van der Waals surface area contributed by atoms with Crippen molar-refractivity contribution in [2.75, 3.05) is 5.84 Å². The van der Waals surface area contributed by atoms with Crippen LogP contribution in [0.25, 0.3) is 11.0 Å². The smallest absolute Gasteiger partial charge is 0.222 e. The third kappa shape index (κ3) is 1.41. The van der Waals surface area contributed by atoms with E-state index in [-0.39, 0.29) is 17.9 Å². The number of fused-ring (bicyclic) bond motifs is 1. The predicted octanol–water partition coefficient (Wildman–Crippen LogP) is 0.225. The van der Waals surface area contributed by atoms with Gasteiger partial charge in [-0.25, -0.2) is 4.68 Å². The van der Waals surface area contributed by atoms with Gasteiger partial charge in [0, 0.05) is 0 Å². The second-order valence-corrected chi connectivity index (χ2v) is 3.47. The number of rotatable bonds is 2. The number of nitrogens with zero attached hydrogens (tertiary/aromatic N) is 2. The third-order valence-corrected chi connectivity index (χ3v) is 2.30. The van der Waals surface area contributed by atoms with E-state index < -0.39 is 0 Å². The number of imidazole rings is 1. The van der Waals surface area contributed by atoms with Crippen LogP contribution in [0.3, 0.4) is 0 Å². The summed E-state index contributed by atoms with van der Waals surface area (Å²) < 4.78 is 2.87. The summed E-state index contributed by atoms with van der Waals surface area (Å²) in [5.41, 5.74) is 1.69. The van der Waals surface area contributed by atoms with Gasteiger partial charge < -0.3 is 10.4 Å². The lowest BCUT2D eigenvalue weighted by Crippen LogP contribution is -2.30. The summed E-state index contributed by atoms with van der Waals surface area (Å²) in [4.78, 5) is 11.1. The van der Waals surface area contributed by atoms with E-state index in [4.69, 9.17) is 11.3 Å². The van der Waals surface area contributed by atoms with E-state index in [0.717, 1.165) is 11.0 Å². The first kappa shape index (κ1) is 9.51. The molecule has 0 aliphatic heterocycles. The molecule has 0 bridgehead atoms. The van der Waals surface area contributed by atoms with Crippen molar-refractivity contribution in [2.45, 2.75) is 13.5 Å². The number of nitrogen functional groups attached to an aromatic ring is 1. The first-order chi connectivity index (χ1) is 7.11. The minimum Gasteiger partial charge on any atom is -0.336 e. The number of carbonyl (C=O) groups is 1. The Kier molecular flexibility index (Phi) is 2.07. The summed E-state index contributed by atoms with van der Waals surface area (Å²) in [5.74, 6) is 5.72. The fourth-order valence-electron chi connectivity index (χ4n) is 1.64. The van der Waals surface area contributed by atoms with Crippen molar-refractivity contribution in [2.24, 2.45) is 0 Å². The molecule has 1 heterocycles. The van der Waals surface area contributed by atoms with Crippen LogP contribution in [0.5, 0.6) is 0 Å². The summed E-state index contributed by atoms with van der Waals surface area (Å²) in [6.45, 7) is 1.68. The maximum absolute atomic E-state index is 11.1. The normalized spacial score (nSPS) is 10.7. The summed E-state index contributed by atoms with van der Waals surface area (Å²) in [7, 11) is 0. The van der Waals surface area contributed by atoms with E-state index in [9.17, 15) is 4.79 Å². The quantitative estimate of drug-likeness (QED) is 0.687. The van der Waals surface area contributed by atoms with E-state index in [2.05, 4.69) is 0 Å². The molecule has 0 fully saturated rings. The average molecular weight is 204 g/mol. The average Bonchev–Trinajstić information content (AvgIpc) is 2.44. The number of nitrogens with two attached hydrogens (primary N) is 1. The standard InChI is InChI=1S/C10H12N4O/c1-7(15)6-13-8-4-2-3-5-9(8)14(12)10(13)11/h2-5,11H,6,12H2,1H3. The van der Waals surface area contributed by atoms with Crippen LogP contribution in [0.4, 0.5) is 0 Å². The zero-order chi connectivity index (χ0) is 11.0. The molecule has 5 heteroatoms. The van der Waals surface area contributed by atoms with Gasteiger partial charge in [-0.05, 0) is 19.1 Å². The highest BCUT2D eigenvalue weighted by atomic mass is 16.1. The molecule has 0 atom stereocenters. The zero-order valence-corrected chi connectivity index (χ0v) is 8.40. The number of benzene rings is 1. The number of hydrogen-bond acceptors (Lipinski definition) is 3. The molecular weight excluding hydrogens is 192 g/mol. The van der Waals surface area contributed by atoms with Crippen LogP contribution < -0.4 is 11.5 Å². The molecule has 3 N–H and O–H groups in total. The SMILES string of the molecule is CC(=O)Cn1c(=N)n(N)c2ccccc21. The van der Waals surface area contributed by atoms with Gasteiger partial charge in [0.05, 0.1) is 17.6 Å². The largest absolute Gasteiger partial charge is 0.336 e. The second kappa shape index (κ2) is 3.27. The number of para-hydroxylation sites is 2. The fraction of sp³-hybridized carbons (Fsp3) is 0.200. The molecule has 0 unspecified atom stereocenters. The van der Waals surface area contributed by atoms with E-state index in [1.165, 1.54) is 11.6 Å². The Morgan fingerprint density at radius 3 is 2.60 bits per heavy atom. The molecular formula is C10H12N4O. The van der Waals surface area contributed by atoms with Crippen molar-refractivity contribution >= 4 is 16.8 Å². The van der Waals surface area contributed by atoms with Crippen molar-refractivity contribution in [3.8, 4) is 0 Å². The van der Waals surface area contributed by atoms with Crippen molar-refractivity contribution in [1.82, 2.24) is 9.24 Å². The van der Waals surface area contributed by atoms with Crippen LogP contribution in [0.2, 0.25) is 0 Å². The van der Waals surface area contributed by atoms with E-state index >= 15 is 0 Å². The molecule has 2 rings (SSSR count). The summed E-state index contributed by atoms with van der Waals surface area (Å²) in [6, 6.07) is 7.38. The highest BCUT2D eigenvalue weighted by Gasteiger charge is 2.08. The lowest BCUT2D eigenvalue weighted by molar-refractivity contribution is -0.117. The molecule has 15 heavy (non-hydrogen) atoms. The topological polar surface area (TPSA) is 76.8 Å². The van der Waals surface area contributed by atoms with Gasteiger partial charge >= 0.3 is 0 Å². The lowest BCUT2D eigenvalue weighted by Gasteiger charge is -1.99. The summed E-state index contributed by atoms with van der Waals surface area (Å²) in [5, 5.41) is 7.77. The number of hydrogen-bond donors (Lipinski definition) is 2. The molecule has 1 aromatic carbocycles. The maximum Gasteiger partial charge on any atom is 0.222 e. The van der Waals surface area contributed by atoms with Gasteiger partial charge in [0.2, 0.25) is 5.62 Å². The van der Waals surface area contributed by atoms with Gasteiger partial charge in [-0.2, -0.15) is 0 Å². The van der Waals surface area contributed by atoms with Gasteiger partial charge in [-0.3, -0.25) is 10.2 Å². The van der Waals surface area contributed by atoms with Crippen molar-refractivity contribution in [3.05, 3.63) is 29.9 Å². The minimum absolute atomic E-state index is 0.00449. The number of Topliss-reactive ketones (excluding diaryl/α,β-unsaturated/α-hetero) is 1. The Morgan fingerprint density at radius 2 is 2.00 bits per heavy atom. The molecule has 0 spiro atoms. The Balaban J connectivity index is 2.78. The molecule has 0 aliphatic carbocycles. The van der Waals surface area contributed by atoms with Gasteiger partial charge in [-0.15, -0.1) is 0 Å². The highest BCUT2D eigenvalue weighted by Crippen LogP contribution is 2.10. The number of carbonyl (C=O) groups excluding carboxylic acids is 1. The van der Waals surface area contributed by atoms with Crippen LogP contribution in [0, 0.1) is 5.41 Å². The van der Waals surface area contributed by atoms with Crippen molar-refractivity contribution in [3.63, 3.8) is 0 Å². The Morgan fingerprint density at radius 1 is 1.40 bits per heavy atom. The van der Waals surface area contributed by atoms with Crippen LogP contribution in [-0.4, -0.2) is 15.0 Å². The first-order valence-electron chi connectivity index (χ1n) is 4.60. The first-order valence-corrected chi connectivity index (χ1v) is 4.60. The fourth-order valence-corrected chi connectivity index (χ4v) is 1.64. The van der Waals surface area contributed by atoms with Crippen LogP contribution in [0.1, 0.15) is 6.92 Å². The molecule has 2 aromatic rings. The van der Waals surface area contributed by atoms with E-state index in [1.807, 2.05) is 24.3 Å².